The second-order valence-electron chi connectivity index (χ2n) is 5.96. The van der Waals surface area contributed by atoms with Gasteiger partial charge in [0.1, 0.15) is 5.76 Å². The van der Waals surface area contributed by atoms with Gasteiger partial charge in [0.2, 0.25) is 0 Å². The summed E-state index contributed by atoms with van der Waals surface area (Å²) in [4.78, 5) is 17.0. The van der Waals surface area contributed by atoms with Crippen molar-refractivity contribution < 1.29 is 9.32 Å². The zero-order valence-electron chi connectivity index (χ0n) is 14.0. The maximum Gasteiger partial charge on any atom is 0.273 e. The molecule has 1 unspecified atom stereocenters. The van der Waals surface area contributed by atoms with Gasteiger partial charge in [-0.15, -0.1) is 0 Å². The monoisotopic (exact) mass is 308 g/mol. The highest BCUT2D eigenvalue weighted by atomic mass is 16.5. The lowest BCUT2D eigenvalue weighted by molar-refractivity contribution is 0.0875. The van der Waals surface area contributed by atoms with Crippen LogP contribution in [0.25, 0.3) is 0 Å². The Labute approximate surface area is 132 Å². The Hall–Kier alpha value is -1.40. The minimum Gasteiger partial charge on any atom is -0.361 e. The molecule has 6 nitrogen and oxygen atoms in total. The van der Waals surface area contributed by atoms with Crippen molar-refractivity contribution in [3.63, 3.8) is 0 Å². The molecule has 2 rings (SSSR count). The first-order chi connectivity index (χ1) is 10.6. The van der Waals surface area contributed by atoms with Gasteiger partial charge in [-0.05, 0) is 19.9 Å². The average molecular weight is 308 g/mol. The van der Waals surface area contributed by atoms with Crippen LogP contribution in [0, 0.1) is 0 Å². The van der Waals surface area contributed by atoms with Gasteiger partial charge in [0.15, 0.2) is 5.69 Å². The molecule has 1 amide bonds. The van der Waals surface area contributed by atoms with Crippen molar-refractivity contribution in [1.82, 2.24) is 20.3 Å². The number of aryl methyl sites for hydroxylation is 1. The van der Waals surface area contributed by atoms with Gasteiger partial charge in [0.25, 0.3) is 5.91 Å². The second kappa shape index (κ2) is 8.29. The van der Waals surface area contributed by atoms with Crippen LogP contribution in [0.1, 0.15) is 43.4 Å². The van der Waals surface area contributed by atoms with E-state index in [1.807, 2.05) is 0 Å². The summed E-state index contributed by atoms with van der Waals surface area (Å²) < 4.78 is 5.15. The lowest BCUT2D eigenvalue weighted by Gasteiger charge is -2.37. The number of likely N-dealkylation sites (N-methyl/N-ethyl adjacent to an activating group) is 1. The standard InChI is InChI=1S/C16H28N4O2/c1-4-6-14-11-15(18-22-14)16(21)17-12-13(3)20-9-7-19(5-2)8-10-20/h11,13H,4-10,12H2,1-3H3,(H,17,21). The van der Waals surface area contributed by atoms with Crippen LogP contribution in [0.3, 0.4) is 0 Å². The number of carbonyl (C=O) groups excluding carboxylic acids is 1. The fraction of sp³-hybridized carbons (Fsp3) is 0.750. The Morgan fingerprint density at radius 1 is 1.36 bits per heavy atom. The number of nitrogens with zero attached hydrogens (tertiary/aromatic N) is 3. The quantitative estimate of drug-likeness (QED) is 0.824. The van der Waals surface area contributed by atoms with Crippen LogP contribution < -0.4 is 5.32 Å². The van der Waals surface area contributed by atoms with E-state index in [0.29, 0.717) is 18.3 Å². The molecule has 1 aromatic heterocycles. The Bertz CT molecular complexity index is 466. The number of nitrogens with one attached hydrogen (secondary N) is 1. The molecule has 1 aromatic rings. The average Bonchev–Trinajstić information content (AvgIpc) is 3.01. The smallest absolute Gasteiger partial charge is 0.273 e. The summed E-state index contributed by atoms with van der Waals surface area (Å²) in [5.41, 5.74) is 0.381. The number of carbonyl (C=O) groups is 1. The van der Waals surface area contributed by atoms with Gasteiger partial charge in [-0.1, -0.05) is 19.0 Å². The van der Waals surface area contributed by atoms with Gasteiger partial charge in [0.05, 0.1) is 0 Å². The Balaban J connectivity index is 1.75. The van der Waals surface area contributed by atoms with E-state index in [1.165, 1.54) is 0 Å². The molecule has 1 fully saturated rings. The van der Waals surface area contributed by atoms with Crippen molar-refractivity contribution in [2.75, 3.05) is 39.3 Å². The molecule has 1 aliphatic heterocycles. The predicted octanol–water partition coefficient (Wildman–Crippen LogP) is 1.38. The molecule has 0 radical (unpaired) electrons. The van der Waals surface area contributed by atoms with Crippen LogP contribution in [0.15, 0.2) is 10.6 Å². The number of hydrogen-bond donors (Lipinski definition) is 1. The summed E-state index contributed by atoms with van der Waals surface area (Å²) in [5.74, 6) is 0.626. The molecule has 0 bridgehead atoms. The summed E-state index contributed by atoms with van der Waals surface area (Å²) in [7, 11) is 0. The predicted molar refractivity (Wildman–Crippen MR) is 86.0 cm³/mol. The van der Waals surface area contributed by atoms with Crippen molar-refractivity contribution in [2.45, 2.75) is 39.7 Å². The Morgan fingerprint density at radius 2 is 2.09 bits per heavy atom. The van der Waals surface area contributed by atoms with E-state index < -0.39 is 0 Å². The van der Waals surface area contributed by atoms with Gasteiger partial charge in [-0.25, -0.2) is 0 Å². The Morgan fingerprint density at radius 3 is 2.73 bits per heavy atom. The Kier molecular flexibility index (Phi) is 6.39. The number of piperazine rings is 1. The highest BCUT2D eigenvalue weighted by Crippen LogP contribution is 2.08. The number of rotatable bonds is 7. The maximum atomic E-state index is 12.1. The third-order valence-electron chi connectivity index (χ3n) is 4.32. The molecular weight excluding hydrogens is 280 g/mol. The molecule has 2 heterocycles. The van der Waals surface area contributed by atoms with E-state index in [9.17, 15) is 4.79 Å². The molecule has 0 spiro atoms. The zero-order chi connectivity index (χ0) is 15.9. The zero-order valence-corrected chi connectivity index (χ0v) is 14.0. The van der Waals surface area contributed by atoms with Crippen molar-refractivity contribution in [3.05, 3.63) is 17.5 Å². The van der Waals surface area contributed by atoms with Crippen molar-refractivity contribution >= 4 is 5.91 Å². The largest absolute Gasteiger partial charge is 0.361 e. The molecule has 124 valence electrons. The molecule has 0 aromatic carbocycles. The first kappa shape index (κ1) is 17.0. The summed E-state index contributed by atoms with van der Waals surface area (Å²) in [6, 6.07) is 2.08. The van der Waals surface area contributed by atoms with Crippen LogP contribution in [0.2, 0.25) is 0 Å². The summed E-state index contributed by atoms with van der Waals surface area (Å²) in [5, 5.41) is 6.80. The third kappa shape index (κ3) is 4.55. The first-order valence-corrected chi connectivity index (χ1v) is 8.34. The third-order valence-corrected chi connectivity index (χ3v) is 4.32. The summed E-state index contributed by atoms with van der Waals surface area (Å²) >= 11 is 0. The molecule has 0 aliphatic carbocycles. The van der Waals surface area contributed by atoms with Gasteiger partial charge < -0.3 is 14.7 Å². The van der Waals surface area contributed by atoms with Crippen LogP contribution >= 0.6 is 0 Å². The number of aromatic nitrogens is 1. The number of hydrogen-bond acceptors (Lipinski definition) is 5. The lowest BCUT2D eigenvalue weighted by Crippen LogP contribution is -2.52. The van der Waals surface area contributed by atoms with E-state index in [-0.39, 0.29) is 5.91 Å². The molecule has 1 N–H and O–H groups in total. The van der Waals surface area contributed by atoms with E-state index in [2.05, 4.69) is 41.0 Å². The minimum absolute atomic E-state index is 0.148. The molecule has 22 heavy (non-hydrogen) atoms. The van der Waals surface area contributed by atoms with Gasteiger partial charge in [-0.3, -0.25) is 9.69 Å². The van der Waals surface area contributed by atoms with Crippen LogP contribution in [0.5, 0.6) is 0 Å². The fourth-order valence-corrected chi connectivity index (χ4v) is 2.76. The van der Waals surface area contributed by atoms with Crippen LogP contribution in [-0.4, -0.2) is 66.2 Å². The SMILES string of the molecule is CCCc1cc(C(=O)NCC(C)N2CCN(CC)CC2)no1. The maximum absolute atomic E-state index is 12.1. The van der Waals surface area contributed by atoms with Crippen LogP contribution in [0.4, 0.5) is 0 Å². The highest BCUT2D eigenvalue weighted by Gasteiger charge is 2.21. The molecule has 0 saturated carbocycles. The first-order valence-electron chi connectivity index (χ1n) is 8.34. The lowest BCUT2D eigenvalue weighted by atomic mass is 10.2. The molecule has 1 atom stereocenters. The molecule has 6 heteroatoms. The normalized spacial score (nSPS) is 18.3. The van der Waals surface area contributed by atoms with Crippen molar-refractivity contribution in [1.29, 1.82) is 0 Å². The van der Waals surface area contributed by atoms with E-state index in [4.69, 9.17) is 4.52 Å². The molecule has 1 saturated heterocycles. The van der Waals surface area contributed by atoms with Crippen molar-refractivity contribution in [3.8, 4) is 0 Å². The van der Waals surface area contributed by atoms with E-state index in [0.717, 1.165) is 51.3 Å². The topological polar surface area (TPSA) is 61.6 Å². The van der Waals surface area contributed by atoms with Gasteiger partial charge in [0, 0.05) is 51.3 Å². The fourth-order valence-electron chi connectivity index (χ4n) is 2.76. The van der Waals surface area contributed by atoms with Gasteiger partial charge >= 0.3 is 0 Å². The van der Waals surface area contributed by atoms with Crippen LogP contribution in [-0.2, 0) is 6.42 Å². The second-order valence-corrected chi connectivity index (χ2v) is 5.96. The summed E-state index contributed by atoms with van der Waals surface area (Å²) in [6.45, 7) is 12.5. The van der Waals surface area contributed by atoms with E-state index in [1.54, 1.807) is 6.07 Å². The van der Waals surface area contributed by atoms with Crippen molar-refractivity contribution in [2.24, 2.45) is 0 Å². The van der Waals surface area contributed by atoms with E-state index >= 15 is 0 Å². The minimum atomic E-state index is -0.148. The highest BCUT2D eigenvalue weighted by molar-refractivity contribution is 5.92. The van der Waals surface area contributed by atoms with Gasteiger partial charge in [-0.2, -0.15) is 0 Å². The summed E-state index contributed by atoms with van der Waals surface area (Å²) in [6.07, 6.45) is 1.80. The molecule has 1 aliphatic rings. The number of amides is 1. The molecular formula is C16H28N4O2.